The first-order valence-electron chi connectivity index (χ1n) is 5.57. The number of hydrogen-bond donors (Lipinski definition) is 0. The van der Waals surface area contributed by atoms with Gasteiger partial charge >= 0.3 is 0 Å². The van der Waals surface area contributed by atoms with Gasteiger partial charge < -0.3 is 0 Å². The van der Waals surface area contributed by atoms with Gasteiger partial charge in [-0.15, -0.1) is 0 Å². The molecule has 4 nitrogen and oxygen atoms in total. The zero-order chi connectivity index (χ0) is 13.7. The van der Waals surface area contributed by atoms with Crippen LogP contribution in [0.4, 0.5) is 0 Å². The zero-order valence-electron chi connectivity index (χ0n) is 9.95. The van der Waals surface area contributed by atoms with E-state index in [0.717, 1.165) is 14.0 Å². The number of rotatable bonds is 3. The maximum atomic E-state index is 12.2. The minimum atomic E-state index is -0.338. The molecule has 2 aromatic rings. The van der Waals surface area contributed by atoms with Crippen molar-refractivity contribution in [2.75, 3.05) is 0 Å². The van der Waals surface area contributed by atoms with E-state index in [9.17, 15) is 4.79 Å². The number of pyridine rings is 1. The van der Waals surface area contributed by atoms with Gasteiger partial charge in [0.2, 0.25) is 0 Å². The van der Waals surface area contributed by atoms with E-state index in [1.165, 1.54) is 6.20 Å². The molecule has 0 atom stereocenters. The molecule has 0 fully saturated rings. The van der Waals surface area contributed by atoms with Crippen LogP contribution >= 0.6 is 22.6 Å². The minimum absolute atomic E-state index is 0.267. The Morgan fingerprint density at radius 2 is 2.11 bits per heavy atom. The lowest BCUT2D eigenvalue weighted by Crippen LogP contribution is -2.26. The summed E-state index contributed by atoms with van der Waals surface area (Å²) in [6.07, 6.45) is 4.98. The van der Waals surface area contributed by atoms with Gasteiger partial charge in [0.15, 0.2) is 6.19 Å². The number of hydrogen-bond acceptors (Lipinski definition) is 3. The summed E-state index contributed by atoms with van der Waals surface area (Å²) in [5.41, 5.74) is 1.36. The van der Waals surface area contributed by atoms with E-state index in [1.54, 1.807) is 18.3 Å². The lowest BCUT2D eigenvalue weighted by Gasteiger charge is -2.14. The van der Waals surface area contributed by atoms with Crippen molar-refractivity contribution in [1.82, 2.24) is 9.88 Å². The smallest absolute Gasteiger partial charge is 0.268 e. The molecule has 0 aliphatic heterocycles. The van der Waals surface area contributed by atoms with Gasteiger partial charge in [0.05, 0.1) is 12.1 Å². The highest BCUT2D eigenvalue weighted by molar-refractivity contribution is 14.1. The molecule has 0 unspecified atom stereocenters. The molecule has 1 heterocycles. The second-order valence-corrected chi connectivity index (χ2v) is 4.99. The highest BCUT2D eigenvalue weighted by Crippen LogP contribution is 2.15. The Balaban J connectivity index is 2.21. The van der Waals surface area contributed by atoms with Gasteiger partial charge in [-0.2, -0.15) is 5.26 Å². The quantitative estimate of drug-likeness (QED) is 0.479. The van der Waals surface area contributed by atoms with Crippen LogP contribution < -0.4 is 0 Å². The van der Waals surface area contributed by atoms with Crippen LogP contribution in [0.1, 0.15) is 15.9 Å². The van der Waals surface area contributed by atoms with Crippen LogP contribution in [0, 0.1) is 15.0 Å². The predicted molar refractivity (Wildman–Crippen MR) is 78.9 cm³/mol. The molecule has 1 aromatic carbocycles. The van der Waals surface area contributed by atoms with Gasteiger partial charge in [0.1, 0.15) is 0 Å². The van der Waals surface area contributed by atoms with E-state index in [-0.39, 0.29) is 12.5 Å². The number of aromatic nitrogens is 1. The number of amides is 1. The Hall–Kier alpha value is -1.94. The Labute approximate surface area is 124 Å². The van der Waals surface area contributed by atoms with E-state index in [1.807, 2.05) is 30.5 Å². The van der Waals surface area contributed by atoms with Crippen molar-refractivity contribution >= 4 is 28.5 Å². The molecule has 0 radical (unpaired) electrons. The van der Waals surface area contributed by atoms with E-state index >= 15 is 0 Å². The first kappa shape index (κ1) is 13.5. The van der Waals surface area contributed by atoms with E-state index in [4.69, 9.17) is 5.26 Å². The summed E-state index contributed by atoms with van der Waals surface area (Å²) < 4.78 is 1.03. The molecule has 0 aliphatic rings. The second kappa shape index (κ2) is 6.29. The van der Waals surface area contributed by atoms with Crippen LogP contribution in [-0.2, 0) is 6.54 Å². The van der Waals surface area contributed by atoms with Crippen LogP contribution in [-0.4, -0.2) is 15.8 Å². The summed E-state index contributed by atoms with van der Waals surface area (Å²) in [6.45, 7) is 0.267. The summed E-state index contributed by atoms with van der Waals surface area (Å²) in [4.78, 5) is 17.2. The first-order valence-corrected chi connectivity index (χ1v) is 6.65. The van der Waals surface area contributed by atoms with Crippen molar-refractivity contribution in [3.05, 3.63) is 63.5 Å². The molecule has 94 valence electrons. The molecule has 1 aromatic heterocycles. The average Bonchev–Trinajstić information content (AvgIpc) is 2.47. The summed E-state index contributed by atoms with van der Waals surface area (Å²) in [5.74, 6) is -0.338. The molecule has 0 saturated heterocycles. The molecular formula is C14H10IN3O. The standard InChI is InChI=1S/C14H10IN3O/c15-13-6-2-1-4-12(13)9-18(10-16)14(19)11-5-3-7-17-8-11/h1-8H,9H2. The van der Waals surface area contributed by atoms with E-state index < -0.39 is 0 Å². The third-order valence-electron chi connectivity index (χ3n) is 2.56. The van der Waals surface area contributed by atoms with E-state index in [2.05, 4.69) is 27.6 Å². The Bertz CT molecular complexity index is 622. The molecule has 5 heteroatoms. The number of halogens is 1. The molecular weight excluding hydrogens is 353 g/mol. The Morgan fingerprint density at radius 1 is 1.32 bits per heavy atom. The summed E-state index contributed by atoms with van der Waals surface area (Å²) in [6, 6.07) is 11.0. The maximum Gasteiger partial charge on any atom is 0.268 e. The van der Waals surface area contributed by atoms with Crippen molar-refractivity contribution in [3.63, 3.8) is 0 Å². The van der Waals surface area contributed by atoms with Crippen LogP contribution in [0.25, 0.3) is 0 Å². The highest BCUT2D eigenvalue weighted by Gasteiger charge is 2.16. The molecule has 0 N–H and O–H groups in total. The lowest BCUT2D eigenvalue weighted by atomic mass is 10.2. The van der Waals surface area contributed by atoms with Crippen LogP contribution in [0.15, 0.2) is 48.8 Å². The van der Waals surface area contributed by atoms with Crippen molar-refractivity contribution < 1.29 is 4.79 Å². The molecule has 1 amide bonds. The molecule has 0 saturated carbocycles. The van der Waals surface area contributed by atoms with Crippen molar-refractivity contribution in [1.29, 1.82) is 5.26 Å². The van der Waals surface area contributed by atoms with Crippen LogP contribution in [0.3, 0.4) is 0 Å². The first-order chi connectivity index (χ1) is 9.22. The highest BCUT2D eigenvalue weighted by atomic mass is 127. The van der Waals surface area contributed by atoms with Crippen LogP contribution in [0.2, 0.25) is 0 Å². The number of nitriles is 1. The molecule has 2 rings (SSSR count). The second-order valence-electron chi connectivity index (χ2n) is 3.82. The molecule has 0 bridgehead atoms. The molecule has 0 spiro atoms. The summed E-state index contributed by atoms with van der Waals surface area (Å²) in [7, 11) is 0. The van der Waals surface area contributed by atoms with Crippen molar-refractivity contribution in [3.8, 4) is 6.19 Å². The normalized spacial score (nSPS) is 9.68. The fraction of sp³-hybridized carbons (Fsp3) is 0.0714. The lowest BCUT2D eigenvalue weighted by molar-refractivity contribution is 0.0823. The number of nitrogens with zero attached hydrogens (tertiary/aromatic N) is 3. The Kier molecular flexibility index (Phi) is 4.47. The van der Waals surface area contributed by atoms with Crippen LogP contribution in [0.5, 0.6) is 0 Å². The SMILES string of the molecule is N#CN(Cc1ccccc1I)C(=O)c1cccnc1. The predicted octanol–water partition coefficient (Wildman–Crippen LogP) is 2.81. The fourth-order valence-corrected chi connectivity index (χ4v) is 2.15. The third kappa shape index (κ3) is 3.29. The summed E-state index contributed by atoms with van der Waals surface area (Å²) >= 11 is 2.19. The zero-order valence-corrected chi connectivity index (χ0v) is 12.1. The van der Waals surface area contributed by atoms with Gasteiger partial charge in [-0.1, -0.05) is 18.2 Å². The third-order valence-corrected chi connectivity index (χ3v) is 3.61. The maximum absolute atomic E-state index is 12.2. The monoisotopic (exact) mass is 363 g/mol. The number of carbonyl (C=O) groups is 1. The van der Waals surface area contributed by atoms with Gasteiger partial charge in [0.25, 0.3) is 5.91 Å². The van der Waals surface area contributed by atoms with E-state index in [0.29, 0.717) is 5.56 Å². The summed E-state index contributed by atoms with van der Waals surface area (Å²) in [5, 5.41) is 9.14. The fourth-order valence-electron chi connectivity index (χ4n) is 1.59. The molecule has 19 heavy (non-hydrogen) atoms. The minimum Gasteiger partial charge on any atom is -0.268 e. The Morgan fingerprint density at radius 3 is 2.74 bits per heavy atom. The van der Waals surface area contributed by atoms with Crippen molar-refractivity contribution in [2.24, 2.45) is 0 Å². The van der Waals surface area contributed by atoms with Gasteiger partial charge in [-0.25, -0.2) is 4.90 Å². The number of carbonyl (C=O) groups excluding carboxylic acids is 1. The topological polar surface area (TPSA) is 57.0 Å². The molecule has 0 aliphatic carbocycles. The largest absolute Gasteiger partial charge is 0.268 e. The van der Waals surface area contributed by atoms with Crippen molar-refractivity contribution in [2.45, 2.75) is 6.54 Å². The van der Waals surface area contributed by atoms with Gasteiger partial charge in [-0.05, 0) is 46.4 Å². The van der Waals surface area contributed by atoms with Gasteiger partial charge in [-0.3, -0.25) is 9.78 Å². The average molecular weight is 363 g/mol. The number of benzene rings is 1. The van der Waals surface area contributed by atoms with Gasteiger partial charge in [0, 0.05) is 16.0 Å².